The number of piperidine rings is 1. The third-order valence-electron chi connectivity index (χ3n) is 5.82. The smallest absolute Gasteiger partial charge is 0.410 e. The Morgan fingerprint density at radius 1 is 1.06 bits per heavy atom. The predicted octanol–water partition coefficient (Wildman–Crippen LogP) is 7.07. The van der Waals surface area contributed by atoms with Crippen LogP contribution in [0.2, 0.25) is 5.02 Å². The lowest BCUT2D eigenvalue weighted by atomic mass is 9.86. The Morgan fingerprint density at radius 3 is 2.32 bits per heavy atom. The highest BCUT2D eigenvalue weighted by Gasteiger charge is 2.27. The largest absolute Gasteiger partial charge is 0.444 e. The van der Waals surface area contributed by atoms with Gasteiger partial charge in [-0.3, -0.25) is 0 Å². The minimum absolute atomic E-state index is 0.227. The summed E-state index contributed by atoms with van der Waals surface area (Å²) in [6, 6.07) is 14.1. The van der Waals surface area contributed by atoms with Crippen LogP contribution >= 0.6 is 11.6 Å². The Bertz CT molecular complexity index is 1030. The summed E-state index contributed by atoms with van der Waals surface area (Å²) in [7, 11) is -1.27. The molecule has 2 aromatic rings. The number of ether oxygens (including phenoxy) is 1. The zero-order chi connectivity index (χ0) is 25.1. The van der Waals surface area contributed by atoms with Crippen LogP contribution in [0.15, 0.2) is 42.5 Å². The lowest BCUT2D eigenvalue weighted by Crippen LogP contribution is -2.42. The van der Waals surface area contributed by atoms with Gasteiger partial charge in [-0.05, 0) is 90.0 Å². The zero-order valence-corrected chi connectivity index (χ0v) is 22.7. The van der Waals surface area contributed by atoms with E-state index in [-0.39, 0.29) is 6.09 Å². The number of nitrogens with zero attached hydrogens (tertiary/aromatic N) is 1. The summed E-state index contributed by atoms with van der Waals surface area (Å²) in [5.41, 5.74) is 3.64. The summed E-state index contributed by atoms with van der Waals surface area (Å²) in [5, 5.41) is 0.601. The third kappa shape index (κ3) is 7.22. The highest BCUT2D eigenvalue weighted by atomic mass is 35.5. The normalized spacial score (nSPS) is 16.3. The molecule has 1 unspecified atom stereocenters. The first-order valence-corrected chi connectivity index (χ1v) is 13.4. The van der Waals surface area contributed by atoms with Gasteiger partial charge in [0.25, 0.3) is 0 Å². The highest BCUT2D eigenvalue weighted by Crippen LogP contribution is 2.36. The monoisotopic (exact) mass is 504 g/mol. The quantitative estimate of drug-likeness (QED) is 0.473. The van der Waals surface area contributed by atoms with E-state index in [1.165, 1.54) is 5.56 Å². The zero-order valence-electron chi connectivity index (χ0n) is 21.1. The van der Waals surface area contributed by atoms with Crippen molar-refractivity contribution in [3.05, 3.63) is 53.1 Å². The molecule has 1 aliphatic rings. The first kappa shape index (κ1) is 26.6. The topological polar surface area (TPSA) is 58.6 Å². The van der Waals surface area contributed by atoms with E-state index in [4.69, 9.17) is 16.3 Å². The van der Waals surface area contributed by atoms with Crippen molar-refractivity contribution in [3.8, 4) is 11.1 Å². The molecule has 3 rings (SSSR count). The third-order valence-corrected chi connectivity index (χ3v) is 7.58. The van der Waals surface area contributed by atoms with Crippen LogP contribution in [0.5, 0.6) is 0 Å². The van der Waals surface area contributed by atoms with E-state index < -0.39 is 21.3 Å². The van der Waals surface area contributed by atoms with Crippen LogP contribution in [0.3, 0.4) is 0 Å². The van der Waals surface area contributed by atoms with E-state index in [0.29, 0.717) is 24.0 Å². The molecule has 1 heterocycles. The summed E-state index contributed by atoms with van der Waals surface area (Å²) >= 11 is 6.30. The number of carbonyl (C=O) groups excluding carboxylic acids is 1. The van der Waals surface area contributed by atoms with Gasteiger partial charge >= 0.3 is 6.09 Å². The second kappa shape index (κ2) is 10.7. The van der Waals surface area contributed by atoms with Crippen LogP contribution in [0.25, 0.3) is 11.1 Å². The molecule has 1 atom stereocenters. The SMILES string of the molecule is CC(C)(C)OC(=O)N1CCC(Cc2ccccc2-c2ccc(Cl)cc2NS(=O)C(C)(C)C)CC1. The maximum atomic E-state index is 12.8. The van der Waals surface area contributed by atoms with Gasteiger partial charge in [-0.15, -0.1) is 0 Å². The number of carbonyl (C=O) groups is 1. The molecule has 34 heavy (non-hydrogen) atoms. The molecule has 0 aliphatic carbocycles. The molecule has 0 aromatic heterocycles. The number of benzene rings is 2. The minimum Gasteiger partial charge on any atom is -0.444 e. The number of nitrogens with one attached hydrogen (secondary N) is 1. The molecule has 1 aliphatic heterocycles. The number of halogens is 1. The number of amides is 1. The maximum absolute atomic E-state index is 12.8. The standard InChI is InChI=1S/C27H37ClN2O3S/c1-26(2,3)33-25(31)30-15-13-19(14-16-30)17-20-9-7-8-10-22(20)23-12-11-21(28)18-24(23)29-34(32)27(4,5)6/h7-12,18-19,29H,13-17H2,1-6H3. The molecule has 0 radical (unpaired) electrons. The average molecular weight is 505 g/mol. The van der Waals surface area contributed by atoms with E-state index in [9.17, 15) is 9.00 Å². The number of hydrogen-bond acceptors (Lipinski definition) is 3. The van der Waals surface area contributed by atoms with Gasteiger partial charge in [-0.1, -0.05) is 41.9 Å². The highest BCUT2D eigenvalue weighted by molar-refractivity contribution is 7.87. The molecule has 0 bridgehead atoms. The van der Waals surface area contributed by atoms with Gasteiger partial charge in [0, 0.05) is 23.7 Å². The fourth-order valence-electron chi connectivity index (χ4n) is 4.01. The molecule has 7 heteroatoms. The van der Waals surface area contributed by atoms with E-state index in [1.807, 2.05) is 70.7 Å². The van der Waals surface area contributed by atoms with Gasteiger partial charge in [0.2, 0.25) is 0 Å². The fourth-order valence-corrected chi connectivity index (χ4v) is 4.85. The Kier molecular flexibility index (Phi) is 8.35. The average Bonchev–Trinajstić information content (AvgIpc) is 2.73. The summed E-state index contributed by atoms with van der Waals surface area (Å²) in [6.45, 7) is 12.9. The van der Waals surface area contributed by atoms with E-state index in [2.05, 4.69) is 22.9 Å². The summed E-state index contributed by atoms with van der Waals surface area (Å²) in [6.07, 6.45) is 2.57. The Balaban J connectivity index is 1.77. The first-order chi connectivity index (χ1) is 15.8. The fraction of sp³-hybridized carbons (Fsp3) is 0.519. The Morgan fingerprint density at radius 2 is 1.71 bits per heavy atom. The number of rotatable bonds is 5. The minimum atomic E-state index is -1.27. The summed E-state index contributed by atoms with van der Waals surface area (Å²) in [4.78, 5) is 14.2. The summed E-state index contributed by atoms with van der Waals surface area (Å²) in [5.74, 6) is 0.479. The second-order valence-electron chi connectivity index (χ2n) is 10.9. The van der Waals surface area contributed by atoms with Gasteiger partial charge in [0.15, 0.2) is 0 Å². The molecule has 1 saturated heterocycles. The van der Waals surface area contributed by atoms with Crippen LogP contribution < -0.4 is 4.72 Å². The first-order valence-electron chi connectivity index (χ1n) is 11.9. The molecular formula is C27H37ClN2O3S. The molecule has 1 amide bonds. The predicted molar refractivity (Wildman–Crippen MR) is 143 cm³/mol. The van der Waals surface area contributed by atoms with Crippen molar-refractivity contribution in [2.24, 2.45) is 5.92 Å². The molecular weight excluding hydrogens is 468 g/mol. The van der Waals surface area contributed by atoms with E-state index >= 15 is 0 Å². The van der Waals surface area contributed by atoms with Crippen molar-refractivity contribution in [2.45, 2.75) is 71.2 Å². The molecule has 1 fully saturated rings. The van der Waals surface area contributed by atoms with Crippen LogP contribution in [0, 0.1) is 5.92 Å². The van der Waals surface area contributed by atoms with Crippen molar-refractivity contribution < 1.29 is 13.7 Å². The van der Waals surface area contributed by atoms with Crippen LogP contribution in [-0.4, -0.2) is 38.6 Å². The lowest BCUT2D eigenvalue weighted by Gasteiger charge is -2.33. The molecule has 2 aromatic carbocycles. The van der Waals surface area contributed by atoms with Crippen molar-refractivity contribution in [3.63, 3.8) is 0 Å². The molecule has 0 spiro atoms. The van der Waals surface area contributed by atoms with Crippen molar-refractivity contribution >= 4 is 34.4 Å². The molecule has 0 saturated carbocycles. The number of likely N-dealkylation sites (tertiary alicyclic amines) is 1. The van der Waals surface area contributed by atoms with Crippen LogP contribution in [0.4, 0.5) is 10.5 Å². The number of hydrogen-bond donors (Lipinski definition) is 1. The molecule has 5 nitrogen and oxygen atoms in total. The van der Waals surface area contributed by atoms with E-state index in [1.54, 1.807) is 0 Å². The van der Waals surface area contributed by atoms with Gasteiger partial charge in [-0.25, -0.2) is 9.00 Å². The Labute approximate surface area is 211 Å². The maximum Gasteiger partial charge on any atom is 0.410 e. The van der Waals surface area contributed by atoms with Gasteiger partial charge < -0.3 is 14.4 Å². The molecule has 186 valence electrons. The lowest BCUT2D eigenvalue weighted by molar-refractivity contribution is 0.0184. The summed E-state index contributed by atoms with van der Waals surface area (Å²) < 4.78 is 21.1. The van der Waals surface area contributed by atoms with E-state index in [0.717, 1.165) is 36.1 Å². The van der Waals surface area contributed by atoms with Crippen molar-refractivity contribution in [1.29, 1.82) is 0 Å². The second-order valence-corrected chi connectivity index (χ2v) is 13.3. The van der Waals surface area contributed by atoms with Gasteiger partial charge in [0.05, 0.1) is 10.4 Å². The Hall–Kier alpha value is -2.05. The van der Waals surface area contributed by atoms with Crippen molar-refractivity contribution in [2.75, 3.05) is 17.8 Å². The van der Waals surface area contributed by atoms with Crippen LogP contribution in [0.1, 0.15) is 59.9 Å². The van der Waals surface area contributed by atoms with Crippen molar-refractivity contribution in [1.82, 2.24) is 4.90 Å². The van der Waals surface area contributed by atoms with Gasteiger partial charge in [0.1, 0.15) is 16.6 Å². The van der Waals surface area contributed by atoms with Gasteiger partial charge in [-0.2, -0.15) is 0 Å². The molecule has 1 N–H and O–H groups in total. The van der Waals surface area contributed by atoms with Crippen LogP contribution in [-0.2, 0) is 22.1 Å². The number of anilines is 1.